The van der Waals surface area contributed by atoms with Crippen molar-refractivity contribution in [1.82, 2.24) is 5.32 Å². The Morgan fingerprint density at radius 1 is 1.37 bits per heavy atom. The van der Waals surface area contributed by atoms with E-state index in [0.29, 0.717) is 23.1 Å². The van der Waals surface area contributed by atoms with Gasteiger partial charge in [0, 0.05) is 32.2 Å². The molecule has 0 amide bonds. The van der Waals surface area contributed by atoms with Gasteiger partial charge in [0.25, 0.3) is 5.69 Å². The summed E-state index contributed by atoms with van der Waals surface area (Å²) in [5.74, 6) is 1.12. The molecular formula is C13H14N4O2. The van der Waals surface area contributed by atoms with Gasteiger partial charge in [0.15, 0.2) is 0 Å². The lowest BCUT2D eigenvalue weighted by Gasteiger charge is -2.19. The van der Waals surface area contributed by atoms with Crippen LogP contribution in [0.3, 0.4) is 0 Å². The largest absolute Gasteiger partial charge is 0.365 e. The second-order valence-electron chi connectivity index (χ2n) is 5.16. The van der Waals surface area contributed by atoms with Gasteiger partial charge < -0.3 is 10.2 Å². The Morgan fingerprint density at radius 2 is 2.05 bits per heavy atom. The summed E-state index contributed by atoms with van der Waals surface area (Å²) in [6.07, 6.45) is 0. The van der Waals surface area contributed by atoms with Crippen LogP contribution < -0.4 is 10.2 Å². The quantitative estimate of drug-likeness (QED) is 0.635. The first kappa shape index (κ1) is 11.9. The van der Waals surface area contributed by atoms with Gasteiger partial charge in [-0.05, 0) is 24.0 Å². The lowest BCUT2D eigenvalue weighted by atomic mass is 10.0. The molecule has 6 nitrogen and oxygen atoms in total. The molecule has 98 valence electrons. The zero-order valence-electron chi connectivity index (χ0n) is 10.4. The molecule has 2 fully saturated rings. The first-order chi connectivity index (χ1) is 9.19. The average molecular weight is 258 g/mol. The molecule has 2 aliphatic heterocycles. The van der Waals surface area contributed by atoms with E-state index in [4.69, 9.17) is 5.26 Å². The van der Waals surface area contributed by atoms with Crippen LogP contribution in [0.25, 0.3) is 0 Å². The van der Waals surface area contributed by atoms with Gasteiger partial charge in [0.05, 0.1) is 16.6 Å². The third-order valence-electron chi connectivity index (χ3n) is 4.03. The van der Waals surface area contributed by atoms with Crippen molar-refractivity contribution in [3.8, 4) is 6.07 Å². The molecular weight excluding hydrogens is 244 g/mol. The van der Waals surface area contributed by atoms with Crippen LogP contribution in [-0.2, 0) is 0 Å². The third kappa shape index (κ3) is 2.02. The smallest absolute Gasteiger partial charge is 0.292 e. The molecule has 2 atom stereocenters. The maximum atomic E-state index is 11.1. The molecule has 0 spiro atoms. The average Bonchev–Trinajstić information content (AvgIpc) is 2.98. The standard InChI is InChI=1S/C13H14N4O2/c14-4-9-1-2-12(17(18)19)13(3-9)16-7-10-5-15-6-11(10)8-16/h1-3,10-11,15H,5-8H2/t10-,11+. The van der Waals surface area contributed by atoms with Crippen LogP contribution in [0.4, 0.5) is 11.4 Å². The van der Waals surface area contributed by atoms with E-state index in [2.05, 4.69) is 10.2 Å². The molecule has 2 aliphatic rings. The van der Waals surface area contributed by atoms with Crippen molar-refractivity contribution in [2.24, 2.45) is 11.8 Å². The number of hydrogen-bond acceptors (Lipinski definition) is 5. The fraction of sp³-hybridized carbons (Fsp3) is 0.462. The first-order valence-corrected chi connectivity index (χ1v) is 6.33. The molecule has 2 heterocycles. The molecule has 1 aromatic rings. The molecule has 0 aromatic heterocycles. The third-order valence-corrected chi connectivity index (χ3v) is 4.03. The van der Waals surface area contributed by atoms with E-state index < -0.39 is 0 Å². The maximum absolute atomic E-state index is 11.1. The maximum Gasteiger partial charge on any atom is 0.292 e. The molecule has 0 saturated carbocycles. The van der Waals surface area contributed by atoms with Crippen LogP contribution in [0.15, 0.2) is 18.2 Å². The Morgan fingerprint density at radius 3 is 2.63 bits per heavy atom. The summed E-state index contributed by atoms with van der Waals surface area (Å²) in [6.45, 7) is 3.61. The van der Waals surface area contributed by atoms with Gasteiger partial charge in [-0.25, -0.2) is 0 Å². The minimum Gasteiger partial charge on any atom is -0.365 e. The predicted octanol–water partition coefficient (Wildman–Crippen LogP) is 1.12. The van der Waals surface area contributed by atoms with Crippen LogP contribution in [0.2, 0.25) is 0 Å². The minimum atomic E-state index is -0.372. The Kier molecular flexibility index (Phi) is 2.84. The summed E-state index contributed by atoms with van der Waals surface area (Å²) in [7, 11) is 0. The zero-order valence-corrected chi connectivity index (χ0v) is 10.4. The highest BCUT2D eigenvalue weighted by Crippen LogP contribution is 2.36. The van der Waals surface area contributed by atoms with E-state index in [-0.39, 0.29) is 10.6 Å². The molecule has 0 bridgehead atoms. The highest BCUT2D eigenvalue weighted by Gasteiger charge is 2.38. The number of anilines is 1. The van der Waals surface area contributed by atoms with Gasteiger partial charge in [-0.1, -0.05) is 0 Å². The number of nitriles is 1. The molecule has 1 aromatic carbocycles. The van der Waals surface area contributed by atoms with Crippen molar-refractivity contribution in [2.45, 2.75) is 0 Å². The SMILES string of the molecule is N#Cc1ccc([N+](=O)[O-])c(N2C[C@H]3CNC[C@H]3C2)c1. The number of fused-ring (bicyclic) bond motifs is 1. The van der Waals surface area contributed by atoms with Crippen molar-refractivity contribution in [1.29, 1.82) is 5.26 Å². The number of nitrogens with one attached hydrogen (secondary N) is 1. The van der Waals surface area contributed by atoms with Crippen molar-refractivity contribution in [3.05, 3.63) is 33.9 Å². The van der Waals surface area contributed by atoms with E-state index in [0.717, 1.165) is 26.2 Å². The number of nitro benzene ring substituents is 1. The monoisotopic (exact) mass is 258 g/mol. The minimum absolute atomic E-state index is 0.0898. The highest BCUT2D eigenvalue weighted by molar-refractivity contribution is 5.66. The number of rotatable bonds is 2. The van der Waals surface area contributed by atoms with Gasteiger partial charge in [-0.3, -0.25) is 10.1 Å². The zero-order chi connectivity index (χ0) is 13.4. The van der Waals surface area contributed by atoms with Crippen molar-refractivity contribution in [3.63, 3.8) is 0 Å². The normalized spacial score (nSPS) is 25.1. The van der Waals surface area contributed by atoms with Crippen molar-refractivity contribution in [2.75, 3.05) is 31.1 Å². The first-order valence-electron chi connectivity index (χ1n) is 6.33. The fourth-order valence-corrected chi connectivity index (χ4v) is 3.05. The Hall–Kier alpha value is -2.13. The molecule has 19 heavy (non-hydrogen) atoms. The van der Waals surface area contributed by atoms with E-state index in [1.165, 1.54) is 12.1 Å². The molecule has 6 heteroatoms. The summed E-state index contributed by atoms with van der Waals surface area (Å²) in [4.78, 5) is 12.8. The van der Waals surface area contributed by atoms with Crippen LogP contribution in [0.5, 0.6) is 0 Å². The van der Waals surface area contributed by atoms with Crippen LogP contribution in [0.1, 0.15) is 5.56 Å². The van der Waals surface area contributed by atoms with Gasteiger partial charge in [0.1, 0.15) is 5.69 Å². The molecule has 1 N–H and O–H groups in total. The Bertz CT molecular complexity index is 554. The fourth-order valence-electron chi connectivity index (χ4n) is 3.05. The Balaban J connectivity index is 1.95. The lowest BCUT2D eigenvalue weighted by molar-refractivity contribution is -0.384. The molecule has 0 unspecified atom stereocenters. The van der Waals surface area contributed by atoms with Gasteiger partial charge >= 0.3 is 0 Å². The van der Waals surface area contributed by atoms with Crippen molar-refractivity contribution < 1.29 is 4.92 Å². The molecule has 0 radical (unpaired) electrons. The number of nitro groups is 1. The van der Waals surface area contributed by atoms with E-state index >= 15 is 0 Å². The van der Waals surface area contributed by atoms with E-state index in [9.17, 15) is 10.1 Å². The molecule has 2 saturated heterocycles. The Labute approximate surface area is 110 Å². The van der Waals surface area contributed by atoms with E-state index in [1.54, 1.807) is 6.07 Å². The summed E-state index contributed by atoms with van der Waals surface area (Å²) >= 11 is 0. The van der Waals surface area contributed by atoms with Gasteiger partial charge in [-0.15, -0.1) is 0 Å². The van der Waals surface area contributed by atoms with E-state index in [1.807, 2.05) is 6.07 Å². The van der Waals surface area contributed by atoms with Gasteiger partial charge in [-0.2, -0.15) is 5.26 Å². The number of benzene rings is 1. The summed E-state index contributed by atoms with van der Waals surface area (Å²) in [6, 6.07) is 6.61. The van der Waals surface area contributed by atoms with Gasteiger partial charge in [0.2, 0.25) is 0 Å². The van der Waals surface area contributed by atoms with Crippen molar-refractivity contribution >= 4 is 11.4 Å². The molecule has 0 aliphatic carbocycles. The summed E-state index contributed by atoms with van der Waals surface area (Å²) in [5.41, 5.74) is 1.14. The second kappa shape index (κ2) is 4.52. The number of nitrogens with zero attached hydrogens (tertiary/aromatic N) is 3. The highest BCUT2D eigenvalue weighted by atomic mass is 16.6. The second-order valence-corrected chi connectivity index (χ2v) is 5.16. The predicted molar refractivity (Wildman–Crippen MR) is 69.9 cm³/mol. The number of hydrogen-bond donors (Lipinski definition) is 1. The summed E-state index contributed by atoms with van der Waals surface area (Å²) in [5, 5.41) is 23.4. The summed E-state index contributed by atoms with van der Waals surface area (Å²) < 4.78 is 0. The van der Waals surface area contributed by atoms with Crippen LogP contribution >= 0.6 is 0 Å². The van der Waals surface area contributed by atoms with Crippen LogP contribution in [0, 0.1) is 33.3 Å². The lowest BCUT2D eigenvalue weighted by Crippen LogP contribution is -2.26. The molecule has 3 rings (SSSR count). The topological polar surface area (TPSA) is 82.2 Å². The van der Waals surface area contributed by atoms with Crippen LogP contribution in [-0.4, -0.2) is 31.1 Å².